The molecule has 1 aromatic rings. The number of rotatable bonds is 2. The average Bonchev–Trinajstić information content (AvgIpc) is 2.04. The Morgan fingerprint density at radius 3 is 2.67 bits per heavy atom. The van der Waals surface area contributed by atoms with E-state index in [1.54, 1.807) is 31.2 Å². The Kier molecular flexibility index (Phi) is 2.61. The second-order valence-corrected chi connectivity index (χ2v) is 2.86. The van der Waals surface area contributed by atoms with Crippen LogP contribution in [0.2, 0.25) is 0 Å². The van der Waals surface area contributed by atoms with E-state index in [0.29, 0.717) is 5.56 Å². The zero-order valence-corrected chi connectivity index (χ0v) is 7.24. The monoisotopic (exact) mass is 164 g/mol. The molecule has 0 aromatic heterocycles. The van der Waals surface area contributed by atoms with E-state index in [1.165, 1.54) is 6.92 Å². The Bertz CT molecular complexity index is 290. The van der Waals surface area contributed by atoms with Gasteiger partial charge in [-0.1, -0.05) is 18.2 Å². The van der Waals surface area contributed by atoms with Crippen molar-refractivity contribution in [1.29, 1.82) is 0 Å². The quantitative estimate of drug-likeness (QED) is 0.678. The number of hydrogen-bond donors (Lipinski definition) is 1. The van der Waals surface area contributed by atoms with Gasteiger partial charge in [-0.15, -0.1) is 0 Å². The smallest absolute Gasteiger partial charge is 0.159 e. The average molecular weight is 164 g/mol. The van der Waals surface area contributed by atoms with Crippen LogP contribution in [0.1, 0.15) is 35.9 Å². The van der Waals surface area contributed by atoms with Crippen molar-refractivity contribution in [2.45, 2.75) is 20.0 Å². The largest absolute Gasteiger partial charge is 0.389 e. The Morgan fingerprint density at radius 2 is 2.17 bits per heavy atom. The van der Waals surface area contributed by atoms with Crippen LogP contribution in [0.5, 0.6) is 0 Å². The summed E-state index contributed by atoms with van der Waals surface area (Å²) < 4.78 is 0. The van der Waals surface area contributed by atoms with Crippen LogP contribution in [0.15, 0.2) is 24.3 Å². The minimum atomic E-state index is -0.510. The summed E-state index contributed by atoms with van der Waals surface area (Å²) in [5.41, 5.74) is 1.43. The molecule has 0 heterocycles. The summed E-state index contributed by atoms with van der Waals surface area (Å²) in [5.74, 6) is 0.0255. The van der Waals surface area contributed by atoms with E-state index >= 15 is 0 Å². The van der Waals surface area contributed by atoms with Gasteiger partial charge in [-0.05, 0) is 25.5 Å². The number of carbonyl (C=O) groups excluding carboxylic acids is 1. The second-order valence-electron chi connectivity index (χ2n) is 2.86. The fourth-order valence-electron chi connectivity index (χ4n) is 1.02. The third-order valence-electron chi connectivity index (χ3n) is 1.78. The lowest BCUT2D eigenvalue weighted by atomic mass is 10.1. The van der Waals surface area contributed by atoms with E-state index in [4.69, 9.17) is 0 Å². The van der Waals surface area contributed by atoms with Crippen molar-refractivity contribution in [2.24, 2.45) is 0 Å². The first-order chi connectivity index (χ1) is 5.61. The minimum absolute atomic E-state index is 0.0255. The standard InChI is InChI=1S/C10H12O2/c1-7(11)9-4-3-5-10(6-9)8(2)12/h3-7,11H,1-2H3/t7-/m0/s1. The molecule has 0 fully saturated rings. The van der Waals surface area contributed by atoms with Crippen molar-refractivity contribution >= 4 is 5.78 Å². The van der Waals surface area contributed by atoms with Gasteiger partial charge < -0.3 is 5.11 Å². The van der Waals surface area contributed by atoms with Crippen molar-refractivity contribution in [3.05, 3.63) is 35.4 Å². The van der Waals surface area contributed by atoms with Crippen LogP contribution in [0, 0.1) is 0 Å². The molecule has 2 heteroatoms. The highest BCUT2D eigenvalue weighted by molar-refractivity contribution is 5.94. The molecule has 1 atom stereocenters. The SMILES string of the molecule is CC(=O)c1cccc([C@H](C)O)c1. The molecule has 2 nitrogen and oxygen atoms in total. The van der Waals surface area contributed by atoms with Gasteiger partial charge in [-0.25, -0.2) is 0 Å². The number of Topliss-reactive ketones (excluding diaryl/α,β-unsaturated/α-hetero) is 1. The molecule has 0 saturated carbocycles. The summed E-state index contributed by atoms with van der Waals surface area (Å²) >= 11 is 0. The predicted octanol–water partition coefficient (Wildman–Crippen LogP) is 1.94. The van der Waals surface area contributed by atoms with Crippen LogP contribution in [0.25, 0.3) is 0 Å². The highest BCUT2D eigenvalue weighted by Gasteiger charge is 2.03. The molecule has 0 spiro atoms. The topological polar surface area (TPSA) is 37.3 Å². The summed E-state index contributed by atoms with van der Waals surface area (Å²) in [6.45, 7) is 3.19. The lowest BCUT2D eigenvalue weighted by Gasteiger charge is -2.04. The number of ketones is 1. The van der Waals surface area contributed by atoms with E-state index in [9.17, 15) is 9.90 Å². The van der Waals surface area contributed by atoms with Gasteiger partial charge in [0.05, 0.1) is 6.10 Å². The van der Waals surface area contributed by atoms with Crippen molar-refractivity contribution < 1.29 is 9.90 Å². The molecular formula is C10H12O2. The first-order valence-corrected chi connectivity index (χ1v) is 3.90. The zero-order chi connectivity index (χ0) is 9.14. The van der Waals surface area contributed by atoms with Gasteiger partial charge in [0.25, 0.3) is 0 Å². The Balaban J connectivity index is 3.04. The van der Waals surface area contributed by atoms with E-state index in [0.717, 1.165) is 5.56 Å². The molecule has 0 radical (unpaired) electrons. The molecule has 0 aliphatic rings. The van der Waals surface area contributed by atoms with Gasteiger partial charge in [0.2, 0.25) is 0 Å². The molecular weight excluding hydrogens is 152 g/mol. The molecule has 1 N–H and O–H groups in total. The molecule has 0 aliphatic heterocycles. The highest BCUT2D eigenvalue weighted by atomic mass is 16.3. The maximum atomic E-state index is 10.9. The van der Waals surface area contributed by atoms with Gasteiger partial charge >= 0.3 is 0 Å². The van der Waals surface area contributed by atoms with Crippen molar-refractivity contribution in [3.8, 4) is 0 Å². The molecule has 0 unspecified atom stereocenters. The maximum absolute atomic E-state index is 10.9. The van der Waals surface area contributed by atoms with Crippen molar-refractivity contribution in [2.75, 3.05) is 0 Å². The fourth-order valence-corrected chi connectivity index (χ4v) is 1.02. The van der Waals surface area contributed by atoms with Gasteiger partial charge in [0, 0.05) is 5.56 Å². The van der Waals surface area contributed by atoms with Gasteiger partial charge in [-0.2, -0.15) is 0 Å². The van der Waals surface area contributed by atoms with Gasteiger partial charge in [0.1, 0.15) is 0 Å². The van der Waals surface area contributed by atoms with Crippen LogP contribution >= 0.6 is 0 Å². The Labute approximate surface area is 71.8 Å². The normalized spacial score (nSPS) is 12.6. The maximum Gasteiger partial charge on any atom is 0.159 e. The van der Waals surface area contributed by atoms with Crippen LogP contribution < -0.4 is 0 Å². The number of hydrogen-bond acceptors (Lipinski definition) is 2. The molecule has 0 saturated heterocycles. The van der Waals surface area contributed by atoms with Crippen LogP contribution in [-0.4, -0.2) is 10.9 Å². The van der Waals surface area contributed by atoms with E-state index < -0.39 is 6.10 Å². The number of benzene rings is 1. The summed E-state index contributed by atoms with van der Waals surface area (Å²) in [6.07, 6.45) is -0.510. The molecule has 1 aromatic carbocycles. The predicted molar refractivity (Wildman–Crippen MR) is 47.1 cm³/mol. The van der Waals surface area contributed by atoms with Crippen LogP contribution in [-0.2, 0) is 0 Å². The summed E-state index contributed by atoms with van der Waals surface area (Å²) in [7, 11) is 0. The van der Waals surface area contributed by atoms with Gasteiger partial charge in [-0.3, -0.25) is 4.79 Å². The second kappa shape index (κ2) is 3.50. The van der Waals surface area contributed by atoms with E-state index in [1.807, 2.05) is 0 Å². The van der Waals surface area contributed by atoms with E-state index in [2.05, 4.69) is 0 Å². The third kappa shape index (κ3) is 1.92. The Hall–Kier alpha value is -1.15. The van der Waals surface area contributed by atoms with E-state index in [-0.39, 0.29) is 5.78 Å². The highest BCUT2D eigenvalue weighted by Crippen LogP contribution is 2.13. The molecule has 0 aliphatic carbocycles. The molecule has 1 rings (SSSR count). The lowest BCUT2D eigenvalue weighted by Crippen LogP contribution is -1.96. The number of aliphatic hydroxyl groups is 1. The molecule has 64 valence electrons. The molecule has 12 heavy (non-hydrogen) atoms. The van der Waals surface area contributed by atoms with Gasteiger partial charge in [0.15, 0.2) is 5.78 Å². The molecule has 0 bridgehead atoms. The summed E-state index contributed by atoms with van der Waals surface area (Å²) in [4.78, 5) is 10.9. The zero-order valence-electron chi connectivity index (χ0n) is 7.24. The van der Waals surface area contributed by atoms with Crippen LogP contribution in [0.4, 0.5) is 0 Å². The molecule has 0 amide bonds. The summed E-state index contributed by atoms with van der Waals surface area (Å²) in [6, 6.07) is 7.04. The summed E-state index contributed by atoms with van der Waals surface area (Å²) in [5, 5.41) is 9.22. The third-order valence-corrected chi connectivity index (χ3v) is 1.78. The van der Waals surface area contributed by atoms with Crippen LogP contribution in [0.3, 0.4) is 0 Å². The number of aliphatic hydroxyl groups excluding tert-OH is 1. The Morgan fingerprint density at radius 1 is 1.50 bits per heavy atom. The first-order valence-electron chi connectivity index (χ1n) is 3.90. The van der Waals surface area contributed by atoms with Crippen molar-refractivity contribution in [3.63, 3.8) is 0 Å². The first kappa shape index (κ1) is 8.94. The van der Waals surface area contributed by atoms with Crippen molar-refractivity contribution in [1.82, 2.24) is 0 Å². The fraction of sp³-hybridized carbons (Fsp3) is 0.300. The number of carbonyl (C=O) groups is 1. The minimum Gasteiger partial charge on any atom is -0.389 e. The lowest BCUT2D eigenvalue weighted by molar-refractivity contribution is 0.101.